The molecule has 2 heteroatoms. The summed E-state index contributed by atoms with van der Waals surface area (Å²) >= 11 is 0. The van der Waals surface area contributed by atoms with Gasteiger partial charge in [0.2, 0.25) is 0 Å². The van der Waals surface area contributed by atoms with Gasteiger partial charge in [0.1, 0.15) is 11.8 Å². The highest BCUT2D eigenvalue weighted by Gasteiger charge is 2.23. The lowest BCUT2D eigenvalue weighted by Gasteiger charge is -2.23. The number of fused-ring (bicyclic) bond motifs is 2. The fourth-order valence-corrected chi connectivity index (χ4v) is 1.31. The van der Waals surface area contributed by atoms with E-state index in [1.54, 1.807) is 6.07 Å². The molecule has 0 aromatic heterocycles. The molecule has 2 nitrogen and oxygen atoms in total. The summed E-state index contributed by atoms with van der Waals surface area (Å²) in [5.41, 5.74) is 1.83. The SMILES string of the molecule is CCc1c2ccc(C#N)c1O2. The van der Waals surface area contributed by atoms with Gasteiger partial charge in [0, 0.05) is 5.56 Å². The van der Waals surface area contributed by atoms with Crippen molar-refractivity contribution in [3.8, 4) is 17.6 Å². The van der Waals surface area contributed by atoms with Crippen molar-refractivity contribution in [2.24, 2.45) is 0 Å². The van der Waals surface area contributed by atoms with Gasteiger partial charge < -0.3 is 4.74 Å². The number of nitriles is 1. The number of nitrogens with zero attached hydrogens (tertiary/aromatic N) is 1. The molecule has 0 spiro atoms. The maximum absolute atomic E-state index is 8.64. The van der Waals surface area contributed by atoms with Crippen LogP contribution in [0.3, 0.4) is 0 Å². The first-order chi connectivity index (χ1) is 5.36. The highest BCUT2D eigenvalue weighted by atomic mass is 16.5. The molecule has 0 fully saturated rings. The molecule has 11 heavy (non-hydrogen) atoms. The van der Waals surface area contributed by atoms with Crippen LogP contribution in [0.1, 0.15) is 18.1 Å². The van der Waals surface area contributed by atoms with E-state index in [1.807, 2.05) is 6.07 Å². The van der Waals surface area contributed by atoms with E-state index in [1.165, 1.54) is 5.56 Å². The summed E-state index contributed by atoms with van der Waals surface area (Å²) in [6.07, 6.45) is 0.945. The molecule has 0 saturated heterocycles. The zero-order chi connectivity index (χ0) is 7.84. The third kappa shape index (κ3) is 0.653. The molecule has 0 atom stereocenters. The molecule has 0 amide bonds. The molecule has 0 radical (unpaired) electrons. The Morgan fingerprint density at radius 3 is 2.91 bits per heavy atom. The fraction of sp³-hybridized carbons (Fsp3) is 0.222. The van der Waals surface area contributed by atoms with E-state index in [0.717, 1.165) is 17.9 Å². The van der Waals surface area contributed by atoms with Crippen LogP contribution < -0.4 is 4.74 Å². The number of aryl methyl sites for hydroxylation is 1. The third-order valence-corrected chi connectivity index (χ3v) is 1.90. The van der Waals surface area contributed by atoms with Gasteiger partial charge in [-0.05, 0) is 18.6 Å². The summed E-state index contributed by atoms with van der Waals surface area (Å²) in [5.74, 6) is 1.72. The highest BCUT2D eigenvalue weighted by Crippen LogP contribution is 2.44. The van der Waals surface area contributed by atoms with Crippen LogP contribution >= 0.6 is 0 Å². The maximum atomic E-state index is 8.64. The summed E-state index contributed by atoms with van der Waals surface area (Å²) in [6, 6.07) is 5.74. The second-order valence-electron chi connectivity index (χ2n) is 2.49. The molecule has 0 N–H and O–H groups in total. The number of benzene rings is 1. The van der Waals surface area contributed by atoms with Crippen molar-refractivity contribution in [3.63, 3.8) is 0 Å². The van der Waals surface area contributed by atoms with Crippen LogP contribution in [-0.2, 0) is 6.42 Å². The van der Waals surface area contributed by atoms with Gasteiger partial charge in [0.25, 0.3) is 0 Å². The largest absolute Gasteiger partial charge is 0.455 e. The van der Waals surface area contributed by atoms with E-state index >= 15 is 0 Å². The minimum atomic E-state index is 0.650. The second kappa shape index (κ2) is 2.00. The molecular formula is C9H7NO. The van der Waals surface area contributed by atoms with Crippen molar-refractivity contribution < 1.29 is 4.74 Å². The zero-order valence-corrected chi connectivity index (χ0v) is 6.22. The predicted octanol–water partition coefficient (Wildman–Crippen LogP) is 2.23. The topological polar surface area (TPSA) is 33.0 Å². The Labute approximate surface area is 65.0 Å². The Balaban J connectivity index is 2.60. The quantitative estimate of drug-likeness (QED) is 0.616. The Bertz CT molecular complexity index is 349. The lowest BCUT2D eigenvalue weighted by Crippen LogP contribution is -2.05. The summed E-state index contributed by atoms with van der Waals surface area (Å²) < 4.78 is 5.23. The second-order valence-corrected chi connectivity index (χ2v) is 2.49. The molecule has 1 aromatic rings. The normalized spacial score (nSPS) is 11.3. The Morgan fingerprint density at radius 1 is 1.55 bits per heavy atom. The van der Waals surface area contributed by atoms with Crippen molar-refractivity contribution in [1.82, 2.24) is 0 Å². The lowest BCUT2D eigenvalue weighted by molar-refractivity contribution is 0.418. The van der Waals surface area contributed by atoms with Gasteiger partial charge in [0.15, 0.2) is 5.75 Å². The molecule has 0 aliphatic carbocycles. The van der Waals surface area contributed by atoms with Crippen molar-refractivity contribution in [3.05, 3.63) is 23.3 Å². The van der Waals surface area contributed by atoms with Crippen molar-refractivity contribution in [1.29, 1.82) is 5.26 Å². The first-order valence-corrected chi connectivity index (χ1v) is 3.60. The van der Waals surface area contributed by atoms with Crippen LogP contribution in [0.5, 0.6) is 11.5 Å². The van der Waals surface area contributed by atoms with Gasteiger partial charge in [-0.15, -0.1) is 0 Å². The van der Waals surface area contributed by atoms with Gasteiger partial charge in [-0.3, -0.25) is 0 Å². The third-order valence-electron chi connectivity index (χ3n) is 1.90. The number of rotatable bonds is 1. The van der Waals surface area contributed by atoms with E-state index in [0.29, 0.717) is 5.56 Å². The van der Waals surface area contributed by atoms with Gasteiger partial charge in [-0.1, -0.05) is 6.92 Å². The van der Waals surface area contributed by atoms with Crippen LogP contribution in [0.2, 0.25) is 0 Å². The van der Waals surface area contributed by atoms with E-state index in [9.17, 15) is 0 Å². The smallest absolute Gasteiger partial charge is 0.152 e. The maximum Gasteiger partial charge on any atom is 0.152 e. The van der Waals surface area contributed by atoms with Crippen LogP contribution in [-0.4, -0.2) is 0 Å². The first kappa shape index (κ1) is 6.23. The average Bonchev–Trinajstić information content (AvgIpc) is 2.05. The Morgan fingerprint density at radius 2 is 2.36 bits per heavy atom. The fourth-order valence-electron chi connectivity index (χ4n) is 1.31. The number of hydrogen-bond donors (Lipinski definition) is 0. The van der Waals surface area contributed by atoms with Crippen LogP contribution in [0.25, 0.3) is 0 Å². The van der Waals surface area contributed by atoms with Crippen LogP contribution in [0.4, 0.5) is 0 Å². The average molecular weight is 145 g/mol. The van der Waals surface area contributed by atoms with Gasteiger partial charge in [-0.25, -0.2) is 0 Å². The summed E-state index contributed by atoms with van der Waals surface area (Å²) in [6.45, 7) is 2.06. The molecule has 54 valence electrons. The molecule has 2 heterocycles. The molecule has 2 aliphatic heterocycles. The monoisotopic (exact) mass is 145 g/mol. The van der Waals surface area contributed by atoms with E-state index < -0.39 is 0 Å². The highest BCUT2D eigenvalue weighted by molar-refractivity contribution is 5.62. The van der Waals surface area contributed by atoms with Gasteiger partial charge >= 0.3 is 0 Å². The zero-order valence-electron chi connectivity index (χ0n) is 6.22. The lowest BCUT2D eigenvalue weighted by atomic mass is 10.0. The minimum Gasteiger partial charge on any atom is -0.455 e. The minimum absolute atomic E-state index is 0.650. The van der Waals surface area contributed by atoms with Gasteiger partial charge in [0.05, 0.1) is 5.56 Å². The molecule has 2 bridgehead atoms. The summed E-state index contributed by atoms with van der Waals surface area (Å²) in [7, 11) is 0. The standard InChI is InChI=1S/C9H7NO/c1-2-7-8-4-3-6(5-10)9(7)11-8/h3-4H,2H2,1H3. The number of ether oxygens (including phenoxy) is 1. The molecule has 3 rings (SSSR count). The van der Waals surface area contributed by atoms with E-state index in [4.69, 9.17) is 10.00 Å². The molecule has 0 saturated carbocycles. The summed E-state index contributed by atoms with van der Waals surface area (Å²) in [5, 5.41) is 8.64. The van der Waals surface area contributed by atoms with E-state index in [-0.39, 0.29) is 0 Å². The Hall–Kier alpha value is -1.49. The number of hydrogen-bond acceptors (Lipinski definition) is 2. The predicted molar refractivity (Wildman–Crippen MR) is 40.6 cm³/mol. The Kier molecular flexibility index (Phi) is 1.13. The van der Waals surface area contributed by atoms with Crippen LogP contribution in [0, 0.1) is 11.3 Å². The van der Waals surface area contributed by atoms with Crippen LogP contribution in [0.15, 0.2) is 12.1 Å². The van der Waals surface area contributed by atoms with Gasteiger partial charge in [-0.2, -0.15) is 5.26 Å². The van der Waals surface area contributed by atoms with Crippen molar-refractivity contribution >= 4 is 0 Å². The van der Waals surface area contributed by atoms with Crippen molar-refractivity contribution in [2.75, 3.05) is 0 Å². The summed E-state index contributed by atoms with van der Waals surface area (Å²) in [4.78, 5) is 0. The molecule has 1 aromatic carbocycles. The molecule has 0 unspecified atom stereocenters. The first-order valence-electron chi connectivity index (χ1n) is 3.60. The molecule has 2 aliphatic rings. The van der Waals surface area contributed by atoms with Crippen molar-refractivity contribution in [2.45, 2.75) is 13.3 Å². The molecular weight excluding hydrogens is 138 g/mol. The van der Waals surface area contributed by atoms with E-state index in [2.05, 4.69) is 13.0 Å².